The molecule has 0 fully saturated rings. The van der Waals surface area contributed by atoms with E-state index in [1.165, 1.54) is 11.1 Å². The van der Waals surface area contributed by atoms with E-state index in [0.29, 0.717) is 0 Å². The number of imidazole rings is 1. The lowest BCUT2D eigenvalue weighted by atomic mass is 10.2. The molecule has 0 amide bonds. The van der Waals surface area contributed by atoms with Crippen LogP contribution in [0.25, 0.3) is 6.08 Å². The maximum absolute atomic E-state index is 4.07. The van der Waals surface area contributed by atoms with Crippen LogP contribution in [-0.4, -0.2) is 16.1 Å². The van der Waals surface area contributed by atoms with E-state index in [2.05, 4.69) is 63.4 Å². The van der Waals surface area contributed by atoms with E-state index in [-0.39, 0.29) is 0 Å². The summed E-state index contributed by atoms with van der Waals surface area (Å²) in [7, 11) is 0. The Hall–Kier alpha value is -2.81. The Kier molecular flexibility index (Phi) is 4.67. The van der Waals surface area contributed by atoms with Crippen LogP contribution in [0.5, 0.6) is 0 Å². The van der Waals surface area contributed by atoms with Crippen LogP contribution in [0.1, 0.15) is 11.1 Å². The third kappa shape index (κ3) is 4.09. The summed E-state index contributed by atoms with van der Waals surface area (Å²) >= 11 is 0. The van der Waals surface area contributed by atoms with Crippen LogP contribution in [-0.2, 0) is 6.54 Å². The summed E-state index contributed by atoms with van der Waals surface area (Å²) in [6, 6.07) is 18.8. The Morgan fingerprint density at radius 1 is 1.05 bits per heavy atom. The van der Waals surface area contributed by atoms with Crippen molar-refractivity contribution < 1.29 is 0 Å². The van der Waals surface area contributed by atoms with Gasteiger partial charge in [0.2, 0.25) is 0 Å². The molecule has 0 saturated carbocycles. The molecule has 1 heterocycles. The number of nitrogens with one attached hydrogen (secondary N) is 1. The monoisotopic (exact) mass is 289 g/mol. The topological polar surface area (TPSA) is 29.9 Å². The van der Waals surface area contributed by atoms with E-state index >= 15 is 0 Å². The van der Waals surface area contributed by atoms with Crippen molar-refractivity contribution in [3.63, 3.8) is 0 Å². The summed E-state index contributed by atoms with van der Waals surface area (Å²) in [5, 5.41) is 3.42. The van der Waals surface area contributed by atoms with Crippen molar-refractivity contribution >= 4 is 11.8 Å². The van der Waals surface area contributed by atoms with E-state index in [1.807, 2.05) is 30.7 Å². The average Bonchev–Trinajstić information content (AvgIpc) is 3.06. The van der Waals surface area contributed by atoms with Crippen molar-refractivity contribution in [1.82, 2.24) is 9.55 Å². The van der Waals surface area contributed by atoms with Crippen LogP contribution < -0.4 is 5.32 Å². The van der Waals surface area contributed by atoms with Crippen molar-refractivity contribution in [2.24, 2.45) is 0 Å². The van der Waals surface area contributed by atoms with E-state index in [9.17, 15) is 0 Å². The van der Waals surface area contributed by atoms with Crippen molar-refractivity contribution in [2.75, 3.05) is 11.9 Å². The van der Waals surface area contributed by atoms with Gasteiger partial charge in [0.15, 0.2) is 0 Å². The number of hydrogen-bond donors (Lipinski definition) is 1. The molecular weight excluding hydrogens is 270 g/mol. The highest BCUT2D eigenvalue weighted by atomic mass is 15.0. The molecule has 2 aromatic carbocycles. The van der Waals surface area contributed by atoms with Gasteiger partial charge in [-0.1, -0.05) is 54.6 Å². The van der Waals surface area contributed by atoms with Crippen molar-refractivity contribution in [2.45, 2.75) is 6.54 Å². The van der Waals surface area contributed by atoms with Crippen molar-refractivity contribution in [3.8, 4) is 0 Å². The lowest BCUT2D eigenvalue weighted by Crippen LogP contribution is -2.00. The lowest BCUT2D eigenvalue weighted by molar-refractivity contribution is 0.797. The van der Waals surface area contributed by atoms with Gasteiger partial charge in [0.05, 0.1) is 6.33 Å². The van der Waals surface area contributed by atoms with Crippen LogP contribution in [0.15, 0.2) is 79.4 Å². The fourth-order valence-electron chi connectivity index (χ4n) is 2.31. The third-order valence-corrected chi connectivity index (χ3v) is 3.39. The average molecular weight is 289 g/mol. The van der Waals surface area contributed by atoms with Crippen LogP contribution in [0.3, 0.4) is 0 Å². The molecule has 0 aliphatic rings. The molecule has 0 bridgehead atoms. The maximum Gasteiger partial charge on any atom is 0.0949 e. The highest BCUT2D eigenvalue weighted by Gasteiger charge is 1.96. The summed E-state index contributed by atoms with van der Waals surface area (Å²) in [5.41, 5.74) is 3.61. The predicted octanol–water partition coefficient (Wildman–Crippen LogP) is 4.06. The standard InChI is InChI=1S/C19H19N3/c1-2-6-17(7-3-1)9-5-11-21-19-10-4-8-18(14-19)15-22-13-12-20-16-22/h1-10,12-14,16,21H,11,15H2/b9-5+. The fourth-order valence-corrected chi connectivity index (χ4v) is 2.31. The maximum atomic E-state index is 4.07. The predicted molar refractivity (Wildman–Crippen MR) is 91.7 cm³/mol. The van der Waals surface area contributed by atoms with E-state index in [0.717, 1.165) is 18.8 Å². The first-order valence-corrected chi connectivity index (χ1v) is 7.40. The summed E-state index contributed by atoms with van der Waals surface area (Å²) in [6.07, 6.45) is 9.88. The van der Waals surface area contributed by atoms with Gasteiger partial charge in [0.25, 0.3) is 0 Å². The van der Waals surface area contributed by atoms with Crippen LogP contribution in [0.2, 0.25) is 0 Å². The van der Waals surface area contributed by atoms with E-state index < -0.39 is 0 Å². The fraction of sp³-hybridized carbons (Fsp3) is 0.105. The second kappa shape index (κ2) is 7.27. The quantitative estimate of drug-likeness (QED) is 0.741. The van der Waals surface area contributed by atoms with Gasteiger partial charge in [-0.15, -0.1) is 0 Å². The Labute approximate surface area is 131 Å². The zero-order chi connectivity index (χ0) is 15.0. The molecule has 0 aliphatic heterocycles. The number of aromatic nitrogens is 2. The first-order valence-electron chi connectivity index (χ1n) is 7.40. The first-order chi connectivity index (χ1) is 10.9. The minimum Gasteiger partial charge on any atom is -0.382 e. The Morgan fingerprint density at radius 2 is 1.95 bits per heavy atom. The normalized spacial score (nSPS) is 10.9. The molecule has 3 heteroatoms. The second-order valence-electron chi connectivity index (χ2n) is 5.13. The molecule has 0 unspecified atom stereocenters. The molecule has 3 aromatic rings. The summed E-state index contributed by atoms with van der Waals surface area (Å²) in [5.74, 6) is 0. The van der Waals surface area contributed by atoms with Crippen molar-refractivity contribution in [1.29, 1.82) is 0 Å². The van der Waals surface area contributed by atoms with Gasteiger partial charge in [0, 0.05) is 31.2 Å². The number of anilines is 1. The number of rotatable bonds is 6. The Bertz CT molecular complexity index is 715. The van der Waals surface area contributed by atoms with Gasteiger partial charge < -0.3 is 9.88 Å². The molecule has 3 rings (SSSR count). The van der Waals surface area contributed by atoms with E-state index in [4.69, 9.17) is 0 Å². The molecule has 1 N–H and O–H groups in total. The minimum absolute atomic E-state index is 0.809. The molecule has 22 heavy (non-hydrogen) atoms. The third-order valence-electron chi connectivity index (χ3n) is 3.39. The minimum atomic E-state index is 0.809. The smallest absolute Gasteiger partial charge is 0.0949 e. The number of benzene rings is 2. The molecule has 1 aromatic heterocycles. The molecule has 3 nitrogen and oxygen atoms in total. The summed E-state index contributed by atoms with van der Waals surface area (Å²) in [6.45, 7) is 1.65. The molecule has 0 spiro atoms. The van der Waals surface area contributed by atoms with Gasteiger partial charge in [-0.25, -0.2) is 4.98 Å². The molecular formula is C19H19N3. The largest absolute Gasteiger partial charge is 0.382 e. The van der Waals surface area contributed by atoms with Gasteiger partial charge in [-0.2, -0.15) is 0 Å². The zero-order valence-corrected chi connectivity index (χ0v) is 12.4. The van der Waals surface area contributed by atoms with Gasteiger partial charge in [-0.05, 0) is 23.3 Å². The Balaban J connectivity index is 1.55. The zero-order valence-electron chi connectivity index (χ0n) is 12.4. The highest BCUT2D eigenvalue weighted by molar-refractivity contribution is 5.51. The molecule has 0 radical (unpaired) electrons. The van der Waals surface area contributed by atoms with Crippen LogP contribution in [0.4, 0.5) is 5.69 Å². The SMILES string of the molecule is C(=C\c1ccccc1)/CNc1cccc(Cn2ccnc2)c1. The second-order valence-corrected chi connectivity index (χ2v) is 5.13. The summed E-state index contributed by atoms with van der Waals surface area (Å²) in [4.78, 5) is 4.07. The van der Waals surface area contributed by atoms with E-state index in [1.54, 1.807) is 6.20 Å². The van der Waals surface area contributed by atoms with Crippen LogP contribution in [0, 0.1) is 0 Å². The van der Waals surface area contributed by atoms with Gasteiger partial charge in [0.1, 0.15) is 0 Å². The molecule has 0 saturated heterocycles. The van der Waals surface area contributed by atoms with Crippen molar-refractivity contribution in [3.05, 3.63) is 90.5 Å². The molecule has 0 aliphatic carbocycles. The molecule has 0 atom stereocenters. The molecule has 110 valence electrons. The summed E-state index contributed by atoms with van der Waals surface area (Å²) < 4.78 is 2.06. The highest BCUT2D eigenvalue weighted by Crippen LogP contribution is 2.12. The Morgan fingerprint density at radius 3 is 2.77 bits per heavy atom. The van der Waals surface area contributed by atoms with Gasteiger partial charge >= 0.3 is 0 Å². The van der Waals surface area contributed by atoms with Crippen LogP contribution >= 0.6 is 0 Å². The van der Waals surface area contributed by atoms with Gasteiger partial charge in [-0.3, -0.25) is 0 Å². The first kappa shape index (κ1) is 14.1. The number of hydrogen-bond acceptors (Lipinski definition) is 2. The number of nitrogens with zero attached hydrogens (tertiary/aromatic N) is 2. The lowest BCUT2D eigenvalue weighted by Gasteiger charge is -2.07.